The van der Waals surface area contributed by atoms with E-state index in [1.54, 1.807) is 37.1 Å². The zero-order valence-electron chi connectivity index (χ0n) is 11.6. The number of thioether (sulfide) groups is 1. The summed E-state index contributed by atoms with van der Waals surface area (Å²) in [5, 5.41) is 2.43. The van der Waals surface area contributed by atoms with Gasteiger partial charge in [0.1, 0.15) is 5.37 Å². The van der Waals surface area contributed by atoms with Crippen molar-refractivity contribution in [1.82, 2.24) is 4.98 Å². The molecule has 0 spiro atoms. The standard InChI is InChI=1S/C14H14N2O3S2/c1-18-10-5-3-4-9(12(10)19-2)13-16(11(17)8-21-13)14-15-6-7-20-14/h3-7,13H,8H2,1-2H3. The number of ether oxygens (including phenoxy) is 2. The van der Waals surface area contributed by atoms with Gasteiger partial charge < -0.3 is 9.47 Å². The highest BCUT2D eigenvalue weighted by atomic mass is 32.2. The van der Waals surface area contributed by atoms with Gasteiger partial charge in [0.05, 0.1) is 20.0 Å². The molecule has 3 rings (SSSR count). The Morgan fingerprint density at radius 1 is 1.33 bits per heavy atom. The number of benzene rings is 1. The molecule has 1 aliphatic heterocycles. The van der Waals surface area contributed by atoms with Gasteiger partial charge in [-0.05, 0) is 6.07 Å². The van der Waals surface area contributed by atoms with Crippen molar-refractivity contribution in [3.05, 3.63) is 35.3 Å². The summed E-state index contributed by atoms with van der Waals surface area (Å²) in [6.07, 6.45) is 1.70. The molecule has 0 saturated carbocycles. The molecule has 1 aliphatic rings. The van der Waals surface area contributed by atoms with Gasteiger partial charge in [-0.3, -0.25) is 9.69 Å². The predicted molar refractivity (Wildman–Crippen MR) is 84.3 cm³/mol. The minimum Gasteiger partial charge on any atom is -0.493 e. The third-order valence-corrected chi connectivity index (χ3v) is 5.16. The van der Waals surface area contributed by atoms with Crippen LogP contribution in [0, 0.1) is 0 Å². The molecule has 2 heterocycles. The van der Waals surface area contributed by atoms with E-state index in [1.165, 1.54) is 11.3 Å². The van der Waals surface area contributed by atoms with Crippen LogP contribution < -0.4 is 14.4 Å². The van der Waals surface area contributed by atoms with Crippen molar-refractivity contribution in [2.24, 2.45) is 0 Å². The van der Waals surface area contributed by atoms with Crippen LogP contribution in [0.15, 0.2) is 29.8 Å². The number of rotatable bonds is 4. The Bertz CT molecular complexity index is 646. The molecule has 21 heavy (non-hydrogen) atoms. The van der Waals surface area contributed by atoms with E-state index in [0.717, 1.165) is 5.56 Å². The number of para-hydroxylation sites is 1. The first-order chi connectivity index (χ1) is 10.3. The second kappa shape index (κ2) is 5.95. The zero-order valence-corrected chi connectivity index (χ0v) is 13.2. The minimum absolute atomic E-state index is 0.0600. The van der Waals surface area contributed by atoms with Crippen LogP contribution in [0.1, 0.15) is 10.9 Å². The predicted octanol–water partition coefficient (Wildman–Crippen LogP) is 2.94. The molecule has 0 bridgehead atoms. The van der Waals surface area contributed by atoms with Crippen molar-refractivity contribution in [2.45, 2.75) is 5.37 Å². The van der Waals surface area contributed by atoms with Gasteiger partial charge in [0.2, 0.25) is 5.91 Å². The molecule has 1 unspecified atom stereocenters. The van der Waals surface area contributed by atoms with E-state index in [9.17, 15) is 4.79 Å². The summed E-state index contributed by atoms with van der Waals surface area (Å²) in [5.41, 5.74) is 0.919. The normalized spacial score (nSPS) is 18.1. The molecular formula is C14H14N2O3S2. The van der Waals surface area contributed by atoms with Gasteiger partial charge >= 0.3 is 0 Å². The number of carbonyl (C=O) groups excluding carboxylic acids is 1. The molecule has 0 N–H and O–H groups in total. The number of hydrogen-bond donors (Lipinski definition) is 0. The SMILES string of the molecule is COc1cccc(C2SCC(=O)N2c2nccs2)c1OC. The van der Waals surface area contributed by atoms with E-state index >= 15 is 0 Å². The van der Waals surface area contributed by atoms with Gasteiger partial charge in [-0.15, -0.1) is 23.1 Å². The molecule has 1 saturated heterocycles. The fourth-order valence-electron chi connectivity index (χ4n) is 2.30. The first-order valence-corrected chi connectivity index (χ1v) is 8.23. The number of methoxy groups -OCH3 is 2. The van der Waals surface area contributed by atoms with Crippen molar-refractivity contribution in [2.75, 3.05) is 24.9 Å². The van der Waals surface area contributed by atoms with Crippen LogP contribution in [0.2, 0.25) is 0 Å². The van der Waals surface area contributed by atoms with Crippen molar-refractivity contribution in [1.29, 1.82) is 0 Å². The quantitative estimate of drug-likeness (QED) is 0.866. The van der Waals surface area contributed by atoms with Crippen LogP contribution >= 0.6 is 23.1 Å². The highest BCUT2D eigenvalue weighted by Gasteiger charge is 2.37. The third kappa shape index (κ3) is 2.47. The van der Waals surface area contributed by atoms with Gasteiger partial charge in [-0.1, -0.05) is 12.1 Å². The van der Waals surface area contributed by atoms with E-state index < -0.39 is 0 Å². The van der Waals surface area contributed by atoms with Crippen LogP contribution in [0.4, 0.5) is 5.13 Å². The second-order valence-corrected chi connectivity index (χ2v) is 6.27. The van der Waals surface area contributed by atoms with Gasteiger partial charge in [-0.25, -0.2) is 4.98 Å². The van der Waals surface area contributed by atoms with Crippen molar-refractivity contribution < 1.29 is 14.3 Å². The third-order valence-electron chi connectivity index (χ3n) is 3.19. The van der Waals surface area contributed by atoms with Crippen LogP contribution in [0.25, 0.3) is 0 Å². The Morgan fingerprint density at radius 3 is 2.86 bits per heavy atom. The summed E-state index contributed by atoms with van der Waals surface area (Å²) in [7, 11) is 3.21. The first-order valence-electron chi connectivity index (χ1n) is 6.30. The molecule has 5 nitrogen and oxygen atoms in total. The Kier molecular flexibility index (Phi) is 4.03. The van der Waals surface area contributed by atoms with Crippen molar-refractivity contribution >= 4 is 34.1 Å². The van der Waals surface area contributed by atoms with E-state index in [-0.39, 0.29) is 11.3 Å². The summed E-state index contributed by atoms with van der Waals surface area (Å²) in [4.78, 5) is 18.2. The average molecular weight is 322 g/mol. The summed E-state index contributed by atoms with van der Waals surface area (Å²) in [6, 6.07) is 5.70. The monoisotopic (exact) mass is 322 g/mol. The zero-order chi connectivity index (χ0) is 14.8. The Morgan fingerprint density at radius 2 is 2.19 bits per heavy atom. The average Bonchev–Trinajstić information content (AvgIpc) is 3.15. The number of amides is 1. The van der Waals surface area contributed by atoms with Gasteiger partial charge in [0.15, 0.2) is 16.6 Å². The first kappa shape index (κ1) is 14.2. The van der Waals surface area contributed by atoms with Crippen molar-refractivity contribution in [3.63, 3.8) is 0 Å². The fourth-order valence-corrected chi connectivity index (χ4v) is 4.23. The maximum atomic E-state index is 12.2. The molecule has 1 aromatic carbocycles. The lowest BCUT2D eigenvalue weighted by Gasteiger charge is -2.23. The van der Waals surface area contributed by atoms with E-state index in [4.69, 9.17) is 9.47 Å². The lowest BCUT2D eigenvalue weighted by Crippen LogP contribution is -2.27. The lowest BCUT2D eigenvalue weighted by atomic mass is 10.1. The number of hydrogen-bond acceptors (Lipinski definition) is 6. The van der Waals surface area contributed by atoms with E-state index in [2.05, 4.69) is 4.98 Å². The van der Waals surface area contributed by atoms with Gasteiger partial charge in [0, 0.05) is 17.1 Å². The summed E-state index contributed by atoms with van der Waals surface area (Å²) in [6.45, 7) is 0. The molecule has 1 fully saturated rings. The second-order valence-electron chi connectivity index (χ2n) is 4.32. The van der Waals surface area contributed by atoms with Crippen LogP contribution in [-0.2, 0) is 4.79 Å². The molecule has 2 aromatic rings. The molecule has 0 aliphatic carbocycles. The number of aromatic nitrogens is 1. The topological polar surface area (TPSA) is 51.7 Å². The lowest BCUT2D eigenvalue weighted by molar-refractivity contribution is -0.115. The van der Waals surface area contributed by atoms with Crippen LogP contribution in [0.5, 0.6) is 11.5 Å². The number of nitrogens with zero attached hydrogens (tertiary/aromatic N) is 2. The van der Waals surface area contributed by atoms with Gasteiger partial charge in [-0.2, -0.15) is 0 Å². The Labute approximate surface area is 130 Å². The van der Waals surface area contributed by atoms with Crippen molar-refractivity contribution in [3.8, 4) is 11.5 Å². The summed E-state index contributed by atoms with van der Waals surface area (Å²) < 4.78 is 10.8. The van der Waals surface area contributed by atoms with Crippen LogP contribution in [-0.4, -0.2) is 30.9 Å². The van der Waals surface area contributed by atoms with Crippen LogP contribution in [0.3, 0.4) is 0 Å². The molecule has 1 atom stereocenters. The molecule has 110 valence electrons. The Balaban J connectivity index is 2.05. The Hall–Kier alpha value is -1.73. The minimum atomic E-state index is -0.145. The molecule has 0 radical (unpaired) electrons. The number of carbonyl (C=O) groups is 1. The van der Waals surface area contributed by atoms with E-state index in [1.807, 2.05) is 23.6 Å². The van der Waals surface area contributed by atoms with E-state index in [0.29, 0.717) is 22.4 Å². The smallest absolute Gasteiger partial charge is 0.240 e. The highest BCUT2D eigenvalue weighted by Crippen LogP contribution is 2.47. The van der Waals surface area contributed by atoms with Gasteiger partial charge in [0.25, 0.3) is 0 Å². The summed E-state index contributed by atoms with van der Waals surface area (Å²) in [5.74, 6) is 1.82. The number of anilines is 1. The maximum Gasteiger partial charge on any atom is 0.240 e. The largest absolute Gasteiger partial charge is 0.493 e. The number of thiazole rings is 1. The molecule has 1 aromatic heterocycles. The molecule has 1 amide bonds. The maximum absolute atomic E-state index is 12.2. The summed E-state index contributed by atoms with van der Waals surface area (Å²) >= 11 is 3.02. The molecular weight excluding hydrogens is 308 g/mol. The highest BCUT2D eigenvalue weighted by molar-refractivity contribution is 8.00. The fraction of sp³-hybridized carbons (Fsp3) is 0.286. The molecule has 7 heteroatoms.